The molecule has 0 aromatic heterocycles. The summed E-state index contributed by atoms with van der Waals surface area (Å²) in [5.74, 6) is -1.96. The van der Waals surface area contributed by atoms with Gasteiger partial charge in [0.1, 0.15) is 0 Å². The smallest absolute Gasteiger partial charge is 0.398 e. The van der Waals surface area contributed by atoms with Crippen LogP contribution in [0.2, 0.25) is 0 Å². The van der Waals surface area contributed by atoms with E-state index in [9.17, 15) is 9.59 Å². The first-order valence-electron chi connectivity index (χ1n) is 6.17. The molecule has 0 aliphatic rings. The van der Waals surface area contributed by atoms with Gasteiger partial charge in [-0.05, 0) is 10.9 Å². The van der Waals surface area contributed by atoms with Gasteiger partial charge in [0.25, 0.3) is 0 Å². The number of hydrogen-bond donors (Lipinski definition) is 0. The van der Waals surface area contributed by atoms with E-state index >= 15 is 0 Å². The second-order valence-corrected chi connectivity index (χ2v) is 4.12. The Labute approximate surface area is 118 Å². The van der Waals surface area contributed by atoms with Crippen molar-refractivity contribution in [2.45, 2.75) is 0 Å². The molecule has 2 rings (SSSR count). The zero-order valence-electron chi connectivity index (χ0n) is 10.8. The molecule has 0 aliphatic carbocycles. The van der Waals surface area contributed by atoms with Crippen molar-refractivity contribution < 1.29 is 18.9 Å². The largest absolute Gasteiger partial charge is 0.526 e. The SMILES string of the molecule is O=C(OBc1ccccc1)C(=O)OBc1ccccc1. The van der Waals surface area contributed by atoms with E-state index in [2.05, 4.69) is 0 Å². The van der Waals surface area contributed by atoms with Gasteiger partial charge in [0.2, 0.25) is 0 Å². The average Bonchev–Trinajstić information content (AvgIpc) is 2.52. The molecule has 2 aromatic carbocycles. The van der Waals surface area contributed by atoms with Crippen LogP contribution in [0.15, 0.2) is 60.7 Å². The fourth-order valence-corrected chi connectivity index (χ4v) is 1.56. The quantitative estimate of drug-likeness (QED) is 0.549. The van der Waals surface area contributed by atoms with Crippen LogP contribution in [0, 0.1) is 0 Å². The van der Waals surface area contributed by atoms with E-state index < -0.39 is 11.9 Å². The van der Waals surface area contributed by atoms with Crippen LogP contribution in [0.5, 0.6) is 0 Å². The van der Waals surface area contributed by atoms with Gasteiger partial charge in [0.05, 0.1) is 0 Å². The van der Waals surface area contributed by atoms with Crippen LogP contribution in [-0.4, -0.2) is 26.9 Å². The van der Waals surface area contributed by atoms with Gasteiger partial charge in [-0.1, -0.05) is 60.7 Å². The fraction of sp³-hybridized carbons (Fsp3) is 0. The number of carbonyl (C=O) groups excluding carboxylic acids is 2. The third-order valence-corrected chi connectivity index (χ3v) is 2.59. The Morgan fingerprint density at radius 1 is 0.650 bits per heavy atom. The number of rotatable bonds is 4. The van der Waals surface area contributed by atoms with Crippen molar-refractivity contribution >= 4 is 37.8 Å². The van der Waals surface area contributed by atoms with Gasteiger partial charge >= 0.3 is 26.9 Å². The van der Waals surface area contributed by atoms with Crippen molar-refractivity contribution in [3.63, 3.8) is 0 Å². The lowest BCUT2D eigenvalue weighted by Crippen LogP contribution is -2.30. The Morgan fingerprint density at radius 2 is 1.00 bits per heavy atom. The number of hydrogen-bond acceptors (Lipinski definition) is 4. The molecule has 20 heavy (non-hydrogen) atoms. The molecule has 0 N–H and O–H groups in total. The van der Waals surface area contributed by atoms with Gasteiger partial charge in [0.15, 0.2) is 0 Å². The third kappa shape index (κ3) is 4.31. The van der Waals surface area contributed by atoms with Crippen LogP contribution in [0.4, 0.5) is 0 Å². The summed E-state index contributed by atoms with van der Waals surface area (Å²) in [6.45, 7) is 0. The summed E-state index contributed by atoms with van der Waals surface area (Å²) in [7, 11) is 0.111. The summed E-state index contributed by atoms with van der Waals surface area (Å²) < 4.78 is 9.73. The molecular formula is C14H12B2O4. The lowest BCUT2D eigenvalue weighted by atomic mass is 9.88. The highest BCUT2D eigenvalue weighted by atomic mass is 16.6. The van der Waals surface area contributed by atoms with Crippen molar-refractivity contribution in [3.8, 4) is 0 Å². The van der Waals surface area contributed by atoms with E-state index in [1.165, 1.54) is 0 Å². The zero-order chi connectivity index (χ0) is 14.2. The van der Waals surface area contributed by atoms with E-state index in [4.69, 9.17) is 9.31 Å². The first-order valence-corrected chi connectivity index (χ1v) is 6.17. The molecule has 0 fully saturated rings. The van der Waals surface area contributed by atoms with E-state index in [-0.39, 0.29) is 15.0 Å². The molecule has 0 heterocycles. The van der Waals surface area contributed by atoms with Crippen molar-refractivity contribution in [1.29, 1.82) is 0 Å². The standard InChI is InChI=1S/C14H12B2O4/c17-13(19-15-11-7-3-1-4-8-11)14(18)20-16-12-9-5-2-6-10-12/h1-10,15-16H. The second kappa shape index (κ2) is 7.19. The molecule has 0 atom stereocenters. The van der Waals surface area contributed by atoms with Crippen molar-refractivity contribution in [2.24, 2.45) is 0 Å². The van der Waals surface area contributed by atoms with Crippen molar-refractivity contribution in [1.82, 2.24) is 0 Å². The summed E-state index contributed by atoms with van der Waals surface area (Å²) in [6.07, 6.45) is 0. The Bertz CT molecular complexity index is 519. The summed E-state index contributed by atoms with van der Waals surface area (Å²) in [5.41, 5.74) is 1.63. The Balaban J connectivity index is 1.76. The molecule has 2 aromatic rings. The molecule has 0 amide bonds. The molecular weight excluding hydrogens is 254 g/mol. The Morgan fingerprint density at radius 3 is 1.35 bits per heavy atom. The Kier molecular flexibility index (Phi) is 5.00. The van der Waals surface area contributed by atoms with Gasteiger partial charge in [-0.2, -0.15) is 0 Å². The van der Waals surface area contributed by atoms with Crippen molar-refractivity contribution in [3.05, 3.63) is 60.7 Å². The lowest BCUT2D eigenvalue weighted by molar-refractivity contribution is -0.156. The van der Waals surface area contributed by atoms with Crippen molar-refractivity contribution in [2.75, 3.05) is 0 Å². The van der Waals surface area contributed by atoms with Crippen LogP contribution < -0.4 is 10.9 Å². The van der Waals surface area contributed by atoms with Crippen LogP contribution in [0.1, 0.15) is 0 Å². The monoisotopic (exact) mass is 266 g/mol. The first kappa shape index (κ1) is 13.9. The highest BCUT2D eigenvalue weighted by molar-refractivity contribution is 6.55. The van der Waals surface area contributed by atoms with E-state index in [1.807, 2.05) is 60.7 Å². The van der Waals surface area contributed by atoms with E-state index in [1.54, 1.807) is 0 Å². The predicted molar refractivity (Wildman–Crippen MR) is 78.6 cm³/mol. The van der Waals surface area contributed by atoms with Crippen LogP contribution in [0.25, 0.3) is 0 Å². The maximum Gasteiger partial charge on any atom is 0.398 e. The molecule has 0 bridgehead atoms. The highest BCUT2D eigenvalue weighted by Gasteiger charge is 2.17. The summed E-state index contributed by atoms with van der Waals surface area (Å²) in [4.78, 5) is 22.9. The molecule has 6 heteroatoms. The minimum atomic E-state index is -0.982. The second-order valence-electron chi connectivity index (χ2n) is 4.12. The van der Waals surface area contributed by atoms with Crippen LogP contribution in [0.3, 0.4) is 0 Å². The Hall–Kier alpha value is -2.49. The minimum absolute atomic E-state index is 0.0557. The molecule has 0 unspecified atom stereocenters. The first-order chi connectivity index (χ1) is 9.75. The normalized spacial score (nSPS) is 9.40. The van der Waals surface area contributed by atoms with Gasteiger partial charge in [-0.25, -0.2) is 9.59 Å². The molecule has 0 saturated carbocycles. The lowest BCUT2D eigenvalue weighted by Gasteiger charge is -2.04. The highest BCUT2D eigenvalue weighted by Crippen LogP contribution is 1.87. The van der Waals surface area contributed by atoms with Crippen LogP contribution in [-0.2, 0) is 18.9 Å². The third-order valence-electron chi connectivity index (χ3n) is 2.59. The fourth-order valence-electron chi connectivity index (χ4n) is 1.56. The topological polar surface area (TPSA) is 52.6 Å². The molecule has 4 nitrogen and oxygen atoms in total. The zero-order valence-corrected chi connectivity index (χ0v) is 10.8. The maximum absolute atomic E-state index is 11.4. The summed E-state index contributed by atoms with van der Waals surface area (Å²) in [5, 5.41) is 0. The average molecular weight is 266 g/mol. The van der Waals surface area contributed by atoms with Gasteiger partial charge in [0, 0.05) is 0 Å². The molecule has 0 spiro atoms. The minimum Gasteiger partial charge on any atom is -0.526 e. The predicted octanol–water partition coefficient (Wildman–Crippen LogP) is -0.573. The molecule has 0 radical (unpaired) electrons. The molecule has 98 valence electrons. The van der Waals surface area contributed by atoms with E-state index in [0.29, 0.717) is 0 Å². The molecule has 0 saturated heterocycles. The van der Waals surface area contributed by atoms with Gasteiger partial charge < -0.3 is 9.31 Å². The maximum atomic E-state index is 11.4. The summed E-state index contributed by atoms with van der Waals surface area (Å²) in [6, 6.07) is 18.3. The number of benzene rings is 2. The summed E-state index contributed by atoms with van der Waals surface area (Å²) >= 11 is 0. The molecule has 0 aliphatic heterocycles. The van der Waals surface area contributed by atoms with Crippen LogP contribution >= 0.6 is 0 Å². The van der Waals surface area contributed by atoms with Gasteiger partial charge in [-0.3, -0.25) is 0 Å². The number of carbonyl (C=O) groups is 2. The van der Waals surface area contributed by atoms with E-state index in [0.717, 1.165) is 10.9 Å². The van der Waals surface area contributed by atoms with Gasteiger partial charge in [-0.15, -0.1) is 0 Å².